The monoisotopic (exact) mass is 910 g/mol. The molecular formula is C47H66N4O10S2. The number of ether oxygens (including phenoxy) is 4. The van der Waals surface area contributed by atoms with E-state index in [1.165, 1.54) is 0 Å². The van der Waals surface area contributed by atoms with E-state index in [1.54, 1.807) is 23.6 Å². The molecule has 3 saturated carbocycles. The minimum Gasteiger partial charge on any atom is -0.483 e. The second kappa shape index (κ2) is 18.5. The molecule has 9 aliphatic rings. The van der Waals surface area contributed by atoms with E-state index >= 15 is 0 Å². The molecule has 5 fully saturated rings. The van der Waals surface area contributed by atoms with Crippen molar-refractivity contribution in [3.05, 3.63) is 58.7 Å². The average molecular weight is 911 g/mol. The third-order valence-corrected chi connectivity index (χ3v) is 19.0. The molecule has 2 aromatic rings. The van der Waals surface area contributed by atoms with E-state index in [0.29, 0.717) is 62.6 Å². The van der Waals surface area contributed by atoms with Gasteiger partial charge in [-0.1, -0.05) is 24.3 Å². The number of nitrogens with zero attached hydrogens (tertiary/aromatic N) is 2. The van der Waals surface area contributed by atoms with E-state index < -0.39 is 49.5 Å². The number of hydrogen-bond donors (Lipinski definition) is 2. The van der Waals surface area contributed by atoms with E-state index in [0.717, 1.165) is 73.6 Å². The van der Waals surface area contributed by atoms with Gasteiger partial charge in [-0.2, -0.15) is 0 Å². The molecule has 1 unspecified atom stereocenters. The smallest absolute Gasteiger partial charge is 0.260 e. The Kier molecular flexibility index (Phi) is 13.2. The molecule has 2 N–H and O–H groups in total. The summed E-state index contributed by atoms with van der Waals surface area (Å²) < 4.78 is 85.8. The van der Waals surface area contributed by atoms with Gasteiger partial charge in [-0.3, -0.25) is 9.59 Å². The van der Waals surface area contributed by atoms with Gasteiger partial charge in [-0.25, -0.2) is 26.3 Å². The molecule has 0 spiro atoms. The van der Waals surface area contributed by atoms with E-state index in [4.69, 9.17) is 18.9 Å². The SMILES string of the molecule is Cc1cc(C2C[C@H](NS(=O)(=O)C(C)C)[C@@H]3COC4CCC(CC4)c4ccccc4OCC(=O)N3C2)cc2c1C1CCC(CC1)OC[C@H]1[C@@H](NS(=O)(=O)C3CC3)CCCN1C(=O)CO2. The lowest BCUT2D eigenvalue weighted by Gasteiger charge is -2.45. The van der Waals surface area contributed by atoms with Crippen LogP contribution in [0.3, 0.4) is 0 Å². The average Bonchev–Trinajstić information content (AvgIpc) is 4.13. The first kappa shape index (κ1) is 44.9. The van der Waals surface area contributed by atoms with Crippen molar-refractivity contribution in [3.8, 4) is 11.5 Å². The molecule has 2 amide bonds. The standard InChI is InChI=1S/C47H66N4O10S2/c1-29(2)62(54,55)49-40-22-34(24-51-42(40)26-59-35-14-10-31(11-15-35)38-7-4-5-9-43(38)60-28-46(51)53)33-21-30(3)47-32-12-16-36(17-13-32)58-25-41-39(48-63(56,57)37-18-19-37)8-6-20-50(41)45(52)27-61-44(47)23-33/h4-5,7,9,21,23,29,31-32,34-37,39-42,48-49H,6,8,10-20,22,24-28H2,1-3H3/t31?,32?,34?,35?,36?,39-,40-,41-,42-/m0/s1. The fourth-order valence-corrected chi connectivity index (χ4v) is 13.9. The second-order valence-electron chi connectivity index (χ2n) is 19.6. The van der Waals surface area contributed by atoms with E-state index in [9.17, 15) is 26.4 Å². The predicted octanol–water partition coefficient (Wildman–Crippen LogP) is 5.39. The van der Waals surface area contributed by atoms with Crippen molar-refractivity contribution < 1.29 is 45.4 Å². The number of sulfonamides is 2. The van der Waals surface area contributed by atoms with Crippen LogP contribution in [0.4, 0.5) is 0 Å². The Morgan fingerprint density at radius 3 is 1.97 bits per heavy atom. The lowest BCUT2D eigenvalue weighted by Crippen LogP contribution is -2.62. The van der Waals surface area contributed by atoms with Gasteiger partial charge in [0.25, 0.3) is 11.8 Å². The zero-order chi connectivity index (χ0) is 44.0. The largest absolute Gasteiger partial charge is 0.483 e. The van der Waals surface area contributed by atoms with Gasteiger partial charge < -0.3 is 28.7 Å². The lowest BCUT2D eigenvalue weighted by molar-refractivity contribution is -0.141. The first-order valence-corrected chi connectivity index (χ1v) is 26.7. The fourth-order valence-electron chi connectivity index (χ4n) is 11.3. The van der Waals surface area contributed by atoms with Gasteiger partial charge in [0.05, 0.1) is 48.0 Å². The summed E-state index contributed by atoms with van der Waals surface area (Å²) in [6.07, 6.45) is 10.1. The summed E-state index contributed by atoms with van der Waals surface area (Å²) in [6.45, 7) is 6.24. The van der Waals surface area contributed by atoms with Gasteiger partial charge in [0.2, 0.25) is 20.0 Å². The Hall–Kier alpha value is -3.28. The summed E-state index contributed by atoms with van der Waals surface area (Å²) in [5.74, 6) is 1.08. The number of para-hydroxylation sites is 1. The Labute approximate surface area is 373 Å². The van der Waals surface area contributed by atoms with Crippen molar-refractivity contribution in [1.82, 2.24) is 19.2 Å². The van der Waals surface area contributed by atoms with Crippen molar-refractivity contribution in [2.24, 2.45) is 0 Å². The fraction of sp³-hybridized carbons (Fsp3) is 0.702. The number of nitrogens with one attached hydrogen (secondary N) is 2. The first-order chi connectivity index (χ1) is 30.2. The Bertz CT molecular complexity index is 2220. The Balaban J connectivity index is 1.03. The van der Waals surface area contributed by atoms with Crippen LogP contribution in [0.1, 0.15) is 137 Å². The Morgan fingerprint density at radius 2 is 1.30 bits per heavy atom. The number of benzene rings is 2. The highest BCUT2D eigenvalue weighted by Crippen LogP contribution is 2.44. The number of hydrogen-bond acceptors (Lipinski definition) is 10. The molecule has 5 atom stereocenters. The van der Waals surface area contributed by atoms with Crippen molar-refractivity contribution >= 4 is 31.9 Å². The molecule has 3 aliphatic carbocycles. The van der Waals surface area contributed by atoms with Gasteiger partial charge in [0.15, 0.2) is 13.2 Å². The zero-order valence-electron chi connectivity index (χ0n) is 37.0. The topological polar surface area (TPSA) is 170 Å². The van der Waals surface area contributed by atoms with Gasteiger partial charge in [-0.05, 0) is 145 Å². The van der Waals surface area contributed by atoms with Crippen LogP contribution < -0.4 is 18.9 Å². The molecule has 346 valence electrons. The molecular weight excluding hydrogens is 845 g/mol. The summed E-state index contributed by atoms with van der Waals surface area (Å²) in [5, 5.41) is -1.05. The number of amides is 2. The van der Waals surface area contributed by atoms with E-state index in [2.05, 4.69) is 28.5 Å². The minimum absolute atomic E-state index is 0.00528. The maximum absolute atomic E-state index is 14.5. The van der Waals surface area contributed by atoms with Crippen molar-refractivity contribution in [3.63, 3.8) is 0 Å². The lowest BCUT2D eigenvalue weighted by atomic mass is 9.78. The van der Waals surface area contributed by atoms with Crippen molar-refractivity contribution in [1.29, 1.82) is 0 Å². The van der Waals surface area contributed by atoms with Crippen LogP contribution >= 0.6 is 0 Å². The van der Waals surface area contributed by atoms with E-state index in [-0.39, 0.29) is 67.5 Å². The summed E-state index contributed by atoms with van der Waals surface area (Å²) in [4.78, 5) is 32.3. The van der Waals surface area contributed by atoms with Gasteiger partial charge in [0, 0.05) is 36.7 Å². The van der Waals surface area contributed by atoms with Crippen LogP contribution in [0, 0.1) is 6.92 Å². The molecule has 4 bridgehead atoms. The number of aryl methyl sites for hydroxylation is 1. The molecule has 2 aromatic carbocycles. The maximum atomic E-state index is 14.5. The number of carbonyl (C=O) groups is 2. The van der Waals surface area contributed by atoms with E-state index in [1.807, 2.05) is 24.3 Å². The quantitative estimate of drug-likeness (QED) is 0.368. The number of fused-ring (bicyclic) bond motifs is 10. The van der Waals surface area contributed by atoms with Gasteiger partial charge >= 0.3 is 0 Å². The molecule has 6 aliphatic heterocycles. The summed E-state index contributed by atoms with van der Waals surface area (Å²) in [6, 6.07) is 10.1. The normalized spacial score (nSPS) is 32.2. The molecule has 6 heterocycles. The summed E-state index contributed by atoms with van der Waals surface area (Å²) in [5.41, 5.74) is 4.10. The molecule has 16 heteroatoms. The van der Waals surface area contributed by atoms with Crippen LogP contribution in [-0.4, -0.2) is 125 Å². The van der Waals surface area contributed by atoms with Gasteiger partial charge in [0.1, 0.15) is 11.5 Å². The molecule has 63 heavy (non-hydrogen) atoms. The molecule has 2 saturated heterocycles. The van der Waals surface area contributed by atoms with Crippen molar-refractivity contribution in [2.45, 2.75) is 169 Å². The predicted molar refractivity (Wildman–Crippen MR) is 238 cm³/mol. The highest BCUT2D eigenvalue weighted by Gasteiger charge is 2.45. The third kappa shape index (κ3) is 9.82. The first-order valence-electron chi connectivity index (χ1n) is 23.6. The van der Waals surface area contributed by atoms with Crippen molar-refractivity contribution in [2.75, 3.05) is 39.5 Å². The maximum Gasteiger partial charge on any atom is 0.260 e. The highest BCUT2D eigenvalue weighted by atomic mass is 32.2. The molecule has 0 radical (unpaired) electrons. The van der Waals surface area contributed by atoms with Crippen LogP contribution in [0.5, 0.6) is 11.5 Å². The molecule has 0 aromatic heterocycles. The summed E-state index contributed by atoms with van der Waals surface area (Å²) >= 11 is 0. The number of rotatable bonds is 7. The van der Waals surface area contributed by atoms with Gasteiger partial charge in [-0.15, -0.1) is 0 Å². The number of carbonyl (C=O) groups excluding carboxylic acids is 2. The molecule has 11 rings (SSSR count). The molecule has 14 nitrogen and oxygen atoms in total. The Morgan fingerprint density at radius 1 is 0.683 bits per heavy atom. The highest BCUT2D eigenvalue weighted by molar-refractivity contribution is 7.90. The third-order valence-electron chi connectivity index (χ3n) is 15.1. The van der Waals surface area contributed by atoms with Crippen LogP contribution in [0.15, 0.2) is 36.4 Å². The summed E-state index contributed by atoms with van der Waals surface area (Å²) in [7, 11) is -7.24. The zero-order valence-corrected chi connectivity index (χ0v) is 38.7. The van der Waals surface area contributed by atoms with Crippen LogP contribution in [-0.2, 0) is 39.1 Å². The number of piperidine rings is 2. The van der Waals surface area contributed by atoms with Crippen LogP contribution in [0.2, 0.25) is 0 Å². The van der Waals surface area contributed by atoms with Crippen LogP contribution in [0.25, 0.3) is 0 Å². The second-order valence-corrected chi connectivity index (χ2v) is 23.9. The minimum atomic E-state index is -3.75.